The van der Waals surface area contributed by atoms with Crippen molar-refractivity contribution < 1.29 is 27.9 Å². The molecule has 1 atom stereocenters. The van der Waals surface area contributed by atoms with Crippen LogP contribution in [0.3, 0.4) is 0 Å². The van der Waals surface area contributed by atoms with Gasteiger partial charge in [-0.1, -0.05) is 6.92 Å². The minimum atomic E-state index is -4.19. The number of nitrogens with zero attached hydrogens (tertiary/aromatic N) is 2. The van der Waals surface area contributed by atoms with E-state index < -0.39 is 24.0 Å². The van der Waals surface area contributed by atoms with Crippen LogP contribution in [0.15, 0.2) is 0 Å². The van der Waals surface area contributed by atoms with E-state index >= 15 is 0 Å². The molecule has 2 rings (SSSR count). The Bertz CT molecular complexity index is 413. The normalized spacial score (nSPS) is 22.9. The first-order valence-electron chi connectivity index (χ1n) is 7.03. The standard InChI is InChI=1S/C13H19F3N2O3/c1-8(11(19)20)9-6-18(7-9)12(21)17-4-2-10(3-5-17)13(14,15)16/h8-10H,2-7H2,1H3,(H,19,20). The molecule has 120 valence electrons. The van der Waals surface area contributed by atoms with Crippen molar-refractivity contribution in [3.63, 3.8) is 0 Å². The fourth-order valence-electron chi connectivity index (χ4n) is 2.78. The van der Waals surface area contributed by atoms with Gasteiger partial charge in [0.15, 0.2) is 0 Å². The van der Waals surface area contributed by atoms with Crippen molar-refractivity contribution in [1.82, 2.24) is 9.80 Å². The van der Waals surface area contributed by atoms with Gasteiger partial charge in [-0.2, -0.15) is 13.2 Å². The summed E-state index contributed by atoms with van der Waals surface area (Å²) in [5.74, 6) is -2.79. The van der Waals surface area contributed by atoms with Crippen molar-refractivity contribution in [2.24, 2.45) is 17.8 Å². The van der Waals surface area contributed by atoms with Crippen LogP contribution in [-0.4, -0.2) is 59.3 Å². The molecule has 0 aromatic rings. The average Bonchev–Trinajstić information content (AvgIpc) is 2.35. The van der Waals surface area contributed by atoms with Gasteiger partial charge in [0.2, 0.25) is 0 Å². The van der Waals surface area contributed by atoms with Crippen LogP contribution in [-0.2, 0) is 4.79 Å². The van der Waals surface area contributed by atoms with Gasteiger partial charge in [-0.05, 0) is 12.8 Å². The number of likely N-dealkylation sites (tertiary alicyclic amines) is 2. The molecule has 21 heavy (non-hydrogen) atoms. The fraction of sp³-hybridized carbons (Fsp3) is 0.846. The molecular weight excluding hydrogens is 289 g/mol. The minimum absolute atomic E-state index is 0.0575. The first kappa shape index (κ1) is 15.9. The second kappa shape index (κ2) is 5.73. The predicted molar refractivity (Wildman–Crippen MR) is 67.6 cm³/mol. The zero-order chi connectivity index (χ0) is 15.8. The van der Waals surface area contributed by atoms with Crippen LogP contribution in [0.2, 0.25) is 0 Å². The number of aliphatic carboxylic acids is 1. The largest absolute Gasteiger partial charge is 0.481 e. The lowest BCUT2D eigenvalue weighted by Crippen LogP contribution is -2.58. The average molecular weight is 308 g/mol. The van der Waals surface area contributed by atoms with Gasteiger partial charge in [0.25, 0.3) is 0 Å². The summed E-state index contributed by atoms with van der Waals surface area (Å²) < 4.78 is 37.7. The van der Waals surface area contributed by atoms with Crippen molar-refractivity contribution in [2.75, 3.05) is 26.2 Å². The Kier molecular flexibility index (Phi) is 4.34. The number of alkyl halides is 3. The number of hydrogen-bond donors (Lipinski definition) is 1. The van der Waals surface area contributed by atoms with E-state index in [1.165, 1.54) is 9.80 Å². The van der Waals surface area contributed by atoms with E-state index in [0.29, 0.717) is 13.1 Å². The number of piperidine rings is 1. The van der Waals surface area contributed by atoms with E-state index in [9.17, 15) is 22.8 Å². The van der Waals surface area contributed by atoms with Gasteiger partial charge in [0.1, 0.15) is 0 Å². The molecule has 0 aromatic heterocycles. The third-order valence-electron chi connectivity index (χ3n) is 4.51. The van der Waals surface area contributed by atoms with Crippen molar-refractivity contribution in [1.29, 1.82) is 0 Å². The lowest BCUT2D eigenvalue weighted by molar-refractivity contribution is -0.184. The SMILES string of the molecule is CC(C(=O)O)C1CN(C(=O)N2CCC(C(F)(F)F)CC2)C1. The molecule has 0 aliphatic carbocycles. The van der Waals surface area contributed by atoms with Gasteiger partial charge in [0, 0.05) is 32.1 Å². The molecule has 2 amide bonds. The van der Waals surface area contributed by atoms with Crippen LogP contribution in [0.4, 0.5) is 18.0 Å². The monoisotopic (exact) mass is 308 g/mol. The highest BCUT2D eigenvalue weighted by Gasteiger charge is 2.44. The van der Waals surface area contributed by atoms with E-state index in [4.69, 9.17) is 5.11 Å². The molecule has 0 spiro atoms. The zero-order valence-electron chi connectivity index (χ0n) is 11.8. The van der Waals surface area contributed by atoms with E-state index in [1.54, 1.807) is 6.92 Å². The Labute approximate surface area is 120 Å². The topological polar surface area (TPSA) is 60.9 Å². The number of amides is 2. The van der Waals surface area contributed by atoms with Crippen molar-refractivity contribution >= 4 is 12.0 Å². The van der Waals surface area contributed by atoms with Crippen LogP contribution in [0.1, 0.15) is 19.8 Å². The maximum atomic E-state index is 12.6. The Hall–Kier alpha value is -1.47. The molecule has 0 saturated carbocycles. The van der Waals surface area contributed by atoms with Crippen LogP contribution < -0.4 is 0 Å². The van der Waals surface area contributed by atoms with Gasteiger partial charge in [-0.15, -0.1) is 0 Å². The van der Waals surface area contributed by atoms with Crippen LogP contribution in [0, 0.1) is 17.8 Å². The minimum Gasteiger partial charge on any atom is -0.481 e. The molecule has 0 radical (unpaired) electrons. The molecular formula is C13H19F3N2O3. The Morgan fingerprint density at radius 3 is 2.10 bits per heavy atom. The third-order valence-corrected chi connectivity index (χ3v) is 4.51. The summed E-state index contributed by atoms with van der Waals surface area (Å²) in [4.78, 5) is 25.9. The number of carbonyl (C=O) groups excluding carboxylic acids is 1. The van der Waals surface area contributed by atoms with E-state index in [2.05, 4.69) is 0 Å². The molecule has 5 nitrogen and oxygen atoms in total. The van der Waals surface area contributed by atoms with Gasteiger partial charge in [-0.25, -0.2) is 4.79 Å². The number of carbonyl (C=O) groups is 2. The summed E-state index contributed by atoms with van der Waals surface area (Å²) in [7, 11) is 0. The summed E-state index contributed by atoms with van der Waals surface area (Å²) in [6.07, 6.45) is -4.30. The molecule has 0 aromatic carbocycles. The zero-order valence-corrected chi connectivity index (χ0v) is 11.8. The number of carboxylic acids is 1. The van der Waals surface area contributed by atoms with Crippen LogP contribution >= 0.6 is 0 Å². The van der Waals surface area contributed by atoms with Crippen LogP contribution in [0.5, 0.6) is 0 Å². The van der Waals surface area contributed by atoms with Gasteiger partial charge in [-0.3, -0.25) is 4.79 Å². The molecule has 2 saturated heterocycles. The summed E-state index contributed by atoms with van der Waals surface area (Å²) in [5, 5.41) is 8.88. The summed E-state index contributed by atoms with van der Waals surface area (Å²) in [6.45, 7) is 2.55. The van der Waals surface area contributed by atoms with Gasteiger partial charge < -0.3 is 14.9 Å². The molecule has 2 aliphatic heterocycles. The second-order valence-electron chi connectivity index (χ2n) is 5.88. The first-order chi connectivity index (χ1) is 9.70. The molecule has 1 N–H and O–H groups in total. The highest BCUT2D eigenvalue weighted by atomic mass is 19.4. The molecule has 0 bridgehead atoms. The molecule has 8 heteroatoms. The summed E-state index contributed by atoms with van der Waals surface area (Å²) >= 11 is 0. The summed E-state index contributed by atoms with van der Waals surface area (Å²) in [6, 6.07) is -0.274. The molecule has 2 fully saturated rings. The predicted octanol–water partition coefficient (Wildman–Crippen LogP) is 2.03. The number of halogens is 3. The quantitative estimate of drug-likeness (QED) is 0.849. The maximum Gasteiger partial charge on any atom is 0.391 e. The van der Waals surface area contributed by atoms with Crippen LogP contribution in [0.25, 0.3) is 0 Å². The van der Waals surface area contributed by atoms with E-state index in [0.717, 1.165) is 0 Å². The smallest absolute Gasteiger partial charge is 0.391 e. The summed E-state index contributed by atoms with van der Waals surface area (Å²) in [5.41, 5.74) is 0. The number of hydrogen-bond acceptors (Lipinski definition) is 2. The second-order valence-corrected chi connectivity index (χ2v) is 5.88. The van der Waals surface area contributed by atoms with Crippen molar-refractivity contribution in [3.05, 3.63) is 0 Å². The lowest BCUT2D eigenvalue weighted by atomic mass is 9.87. The third kappa shape index (κ3) is 3.41. The lowest BCUT2D eigenvalue weighted by Gasteiger charge is -2.44. The highest BCUT2D eigenvalue weighted by Crippen LogP contribution is 2.35. The van der Waals surface area contributed by atoms with E-state index in [1.807, 2.05) is 0 Å². The van der Waals surface area contributed by atoms with Gasteiger partial charge >= 0.3 is 18.2 Å². The number of carboxylic acid groups (broad SMARTS) is 1. The Morgan fingerprint density at radius 2 is 1.67 bits per heavy atom. The highest BCUT2D eigenvalue weighted by molar-refractivity contribution is 5.76. The molecule has 1 unspecified atom stereocenters. The number of urea groups is 1. The number of rotatable bonds is 2. The Morgan fingerprint density at radius 1 is 1.14 bits per heavy atom. The van der Waals surface area contributed by atoms with Gasteiger partial charge in [0.05, 0.1) is 11.8 Å². The van der Waals surface area contributed by atoms with E-state index in [-0.39, 0.29) is 37.9 Å². The first-order valence-corrected chi connectivity index (χ1v) is 7.03. The van der Waals surface area contributed by atoms with Crippen molar-refractivity contribution in [2.45, 2.75) is 25.9 Å². The van der Waals surface area contributed by atoms with Crippen molar-refractivity contribution in [3.8, 4) is 0 Å². The Balaban J connectivity index is 1.78. The molecule has 2 heterocycles. The maximum absolute atomic E-state index is 12.6. The fourth-order valence-corrected chi connectivity index (χ4v) is 2.78. The molecule has 2 aliphatic rings.